The van der Waals surface area contributed by atoms with E-state index in [9.17, 15) is 13.2 Å². The van der Waals surface area contributed by atoms with Crippen molar-refractivity contribution in [2.75, 3.05) is 16.7 Å². The van der Waals surface area contributed by atoms with Crippen LogP contribution in [0.1, 0.15) is 15.2 Å². The molecule has 1 heterocycles. The monoisotopic (exact) mass is 470 g/mol. The summed E-state index contributed by atoms with van der Waals surface area (Å²) in [7, 11) is -2.23. The van der Waals surface area contributed by atoms with Gasteiger partial charge < -0.3 is 5.32 Å². The molecule has 1 N–H and O–H groups in total. The van der Waals surface area contributed by atoms with Crippen molar-refractivity contribution in [2.45, 2.75) is 11.8 Å². The van der Waals surface area contributed by atoms with Gasteiger partial charge in [0.1, 0.15) is 0 Å². The molecule has 1 aromatic heterocycles. The highest BCUT2D eigenvalue weighted by atomic mass is 35.5. The minimum Gasteiger partial charge on any atom is -0.321 e. The molecule has 0 aliphatic carbocycles. The summed E-state index contributed by atoms with van der Waals surface area (Å²) in [5.41, 5.74) is 2.30. The summed E-state index contributed by atoms with van der Waals surface area (Å²) in [4.78, 5) is 13.4. The second-order valence-corrected chi connectivity index (χ2v) is 10.6. The number of halogens is 1. The van der Waals surface area contributed by atoms with E-state index in [1.807, 2.05) is 37.3 Å². The van der Waals surface area contributed by atoms with Crippen LogP contribution < -0.4 is 9.62 Å². The number of carbonyl (C=O) groups is 1. The number of benzene rings is 3. The van der Waals surface area contributed by atoms with Crippen LogP contribution in [0.4, 0.5) is 11.4 Å². The maximum atomic E-state index is 12.9. The van der Waals surface area contributed by atoms with E-state index in [0.717, 1.165) is 21.3 Å². The van der Waals surface area contributed by atoms with Gasteiger partial charge in [-0.25, -0.2) is 8.42 Å². The fourth-order valence-electron chi connectivity index (χ4n) is 3.16. The van der Waals surface area contributed by atoms with Gasteiger partial charge in [-0.3, -0.25) is 9.10 Å². The Morgan fingerprint density at radius 2 is 1.74 bits per heavy atom. The van der Waals surface area contributed by atoms with Crippen molar-refractivity contribution in [1.29, 1.82) is 0 Å². The molecule has 8 heteroatoms. The molecule has 1 amide bonds. The zero-order valence-electron chi connectivity index (χ0n) is 16.8. The first-order valence-corrected chi connectivity index (χ1v) is 12.0. The molecular weight excluding hydrogens is 452 g/mol. The summed E-state index contributed by atoms with van der Waals surface area (Å²) in [6.07, 6.45) is 0. The molecule has 0 spiro atoms. The lowest BCUT2D eigenvalue weighted by Crippen LogP contribution is -2.26. The Labute approximate surface area is 189 Å². The Kier molecular flexibility index (Phi) is 5.75. The van der Waals surface area contributed by atoms with Crippen LogP contribution in [0.2, 0.25) is 5.02 Å². The lowest BCUT2D eigenvalue weighted by Gasteiger charge is -2.19. The summed E-state index contributed by atoms with van der Waals surface area (Å²) in [5.74, 6) is -0.199. The summed E-state index contributed by atoms with van der Waals surface area (Å²) < 4.78 is 28.0. The SMILES string of the molecule is Cc1cccc(NC(=O)c2cc3cc(N(C)S(=O)(=O)c4ccc(Cl)cc4)ccc3s2)c1. The highest BCUT2D eigenvalue weighted by molar-refractivity contribution is 7.92. The number of nitrogens with zero attached hydrogens (tertiary/aromatic N) is 1. The van der Waals surface area contributed by atoms with E-state index in [1.54, 1.807) is 30.3 Å². The summed E-state index contributed by atoms with van der Waals surface area (Å²) >= 11 is 7.23. The fraction of sp³-hybridized carbons (Fsp3) is 0.0870. The van der Waals surface area contributed by atoms with Gasteiger partial charge in [0, 0.05) is 22.5 Å². The van der Waals surface area contributed by atoms with E-state index in [0.29, 0.717) is 15.6 Å². The minimum absolute atomic E-state index is 0.156. The molecule has 0 radical (unpaired) electrons. The highest BCUT2D eigenvalue weighted by Crippen LogP contribution is 2.31. The normalized spacial score (nSPS) is 11.5. The Hall–Kier alpha value is -2.87. The number of fused-ring (bicyclic) bond motifs is 1. The number of nitrogens with one attached hydrogen (secondary N) is 1. The first-order valence-electron chi connectivity index (χ1n) is 9.40. The molecule has 0 saturated heterocycles. The maximum absolute atomic E-state index is 12.9. The van der Waals surface area contributed by atoms with Crippen molar-refractivity contribution in [1.82, 2.24) is 0 Å². The van der Waals surface area contributed by atoms with Crippen LogP contribution >= 0.6 is 22.9 Å². The van der Waals surface area contributed by atoms with Crippen LogP contribution in [0, 0.1) is 6.92 Å². The number of hydrogen-bond acceptors (Lipinski definition) is 4. The Morgan fingerprint density at radius 3 is 2.45 bits per heavy atom. The van der Waals surface area contributed by atoms with Gasteiger partial charge in [0.25, 0.3) is 15.9 Å². The molecule has 4 rings (SSSR count). The lowest BCUT2D eigenvalue weighted by atomic mass is 10.2. The third-order valence-corrected chi connectivity index (χ3v) is 8.00. The molecule has 0 saturated carbocycles. The van der Waals surface area contributed by atoms with Crippen LogP contribution in [-0.2, 0) is 10.0 Å². The van der Waals surface area contributed by atoms with Gasteiger partial charge in [-0.2, -0.15) is 0 Å². The fourth-order valence-corrected chi connectivity index (χ4v) is 5.41. The smallest absolute Gasteiger partial charge is 0.265 e. The Morgan fingerprint density at radius 1 is 1.00 bits per heavy atom. The highest BCUT2D eigenvalue weighted by Gasteiger charge is 2.22. The first-order chi connectivity index (χ1) is 14.7. The van der Waals surface area contributed by atoms with Gasteiger partial charge in [-0.15, -0.1) is 11.3 Å². The number of sulfonamides is 1. The van der Waals surface area contributed by atoms with Crippen molar-refractivity contribution in [3.8, 4) is 0 Å². The Balaban J connectivity index is 1.61. The second kappa shape index (κ2) is 8.34. The molecular formula is C23H19ClN2O3S2. The van der Waals surface area contributed by atoms with E-state index >= 15 is 0 Å². The average molecular weight is 471 g/mol. The van der Waals surface area contributed by atoms with E-state index in [-0.39, 0.29) is 10.8 Å². The zero-order valence-corrected chi connectivity index (χ0v) is 19.2. The van der Waals surface area contributed by atoms with Gasteiger partial charge in [-0.05, 0) is 78.5 Å². The molecule has 0 fully saturated rings. The summed E-state index contributed by atoms with van der Waals surface area (Å²) in [5, 5.41) is 4.17. The Bertz CT molecular complexity index is 1380. The first kappa shape index (κ1) is 21.4. The number of amides is 1. The van der Waals surface area contributed by atoms with Crippen LogP contribution in [0.5, 0.6) is 0 Å². The molecule has 4 aromatic rings. The quantitative estimate of drug-likeness (QED) is 0.392. The number of aryl methyl sites for hydroxylation is 1. The van der Waals surface area contributed by atoms with Crippen LogP contribution in [0.25, 0.3) is 10.1 Å². The van der Waals surface area contributed by atoms with Crippen molar-refractivity contribution < 1.29 is 13.2 Å². The molecule has 0 bridgehead atoms. The topological polar surface area (TPSA) is 66.5 Å². The number of anilines is 2. The molecule has 31 heavy (non-hydrogen) atoms. The molecule has 5 nitrogen and oxygen atoms in total. The predicted octanol–water partition coefficient (Wildman–Crippen LogP) is 5.94. The predicted molar refractivity (Wildman–Crippen MR) is 128 cm³/mol. The third kappa shape index (κ3) is 4.44. The molecule has 3 aromatic carbocycles. The number of rotatable bonds is 5. The summed E-state index contributed by atoms with van der Waals surface area (Å²) in [6.45, 7) is 1.96. The zero-order chi connectivity index (χ0) is 22.2. The average Bonchev–Trinajstić information content (AvgIpc) is 3.17. The maximum Gasteiger partial charge on any atom is 0.265 e. The van der Waals surface area contributed by atoms with E-state index in [1.165, 1.54) is 34.8 Å². The molecule has 0 aliphatic heterocycles. The van der Waals surface area contributed by atoms with Gasteiger partial charge >= 0.3 is 0 Å². The van der Waals surface area contributed by atoms with E-state index < -0.39 is 10.0 Å². The van der Waals surface area contributed by atoms with Crippen molar-refractivity contribution in [3.63, 3.8) is 0 Å². The van der Waals surface area contributed by atoms with Crippen LogP contribution in [-0.4, -0.2) is 21.4 Å². The second-order valence-electron chi connectivity index (χ2n) is 7.08. The number of thiophene rings is 1. The molecule has 0 atom stereocenters. The molecule has 0 unspecified atom stereocenters. The molecule has 158 valence electrons. The van der Waals surface area contributed by atoms with Gasteiger partial charge in [-0.1, -0.05) is 23.7 Å². The van der Waals surface area contributed by atoms with Crippen LogP contribution in [0.15, 0.2) is 77.7 Å². The van der Waals surface area contributed by atoms with Crippen molar-refractivity contribution in [2.24, 2.45) is 0 Å². The standard InChI is InChI=1S/C23H19ClN2O3S2/c1-15-4-3-5-18(12-15)25-23(27)22-14-16-13-19(8-11-21(16)30-22)26(2)31(28,29)20-9-6-17(24)7-10-20/h3-14H,1-2H3,(H,25,27). The largest absolute Gasteiger partial charge is 0.321 e. The summed E-state index contributed by atoms with van der Waals surface area (Å²) in [6, 6.07) is 20.7. The number of carbonyl (C=O) groups excluding carboxylic acids is 1. The van der Waals surface area contributed by atoms with E-state index in [4.69, 9.17) is 11.6 Å². The van der Waals surface area contributed by atoms with E-state index in [2.05, 4.69) is 5.32 Å². The minimum atomic E-state index is -3.73. The number of hydrogen-bond donors (Lipinski definition) is 1. The van der Waals surface area contributed by atoms with Crippen LogP contribution in [0.3, 0.4) is 0 Å². The third-order valence-electron chi connectivity index (χ3n) is 4.84. The molecule has 0 aliphatic rings. The van der Waals surface area contributed by atoms with Gasteiger partial charge in [0.05, 0.1) is 15.5 Å². The van der Waals surface area contributed by atoms with Gasteiger partial charge in [0.15, 0.2) is 0 Å². The lowest BCUT2D eigenvalue weighted by molar-refractivity contribution is 0.103. The van der Waals surface area contributed by atoms with Gasteiger partial charge in [0.2, 0.25) is 0 Å². The van der Waals surface area contributed by atoms with Crippen molar-refractivity contribution >= 4 is 60.3 Å². The van der Waals surface area contributed by atoms with Crippen molar-refractivity contribution in [3.05, 3.63) is 88.3 Å².